The quantitative estimate of drug-likeness (QED) is 0.518. The predicted molar refractivity (Wildman–Crippen MR) is 101 cm³/mol. The fraction of sp³-hybridized carbons (Fsp3) is 0.222. The van der Waals surface area contributed by atoms with E-state index in [2.05, 4.69) is 17.5 Å². The van der Waals surface area contributed by atoms with Gasteiger partial charge >= 0.3 is 0 Å². The summed E-state index contributed by atoms with van der Waals surface area (Å²) in [5.74, 6) is -0.212. The van der Waals surface area contributed by atoms with E-state index in [9.17, 15) is 4.79 Å². The SMILES string of the molecule is CCCC(=NNC(=O)Cc1ccc(Cl)c(Cl)c1)c1ccc(Cl)cc1. The number of benzene rings is 2. The molecular weight excluding hydrogens is 367 g/mol. The Bertz CT molecular complexity index is 742. The lowest BCUT2D eigenvalue weighted by atomic mass is 10.1. The Labute approximate surface area is 156 Å². The van der Waals surface area contributed by atoms with Crippen LogP contribution in [0.1, 0.15) is 30.9 Å². The molecule has 1 amide bonds. The maximum Gasteiger partial charge on any atom is 0.244 e. The topological polar surface area (TPSA) is 41.5 Å². The first-order valence-corrected chi connectivity index (χ1v) is 8.68. The van der Waals surface area contributed by atoms with Crippen LogP contribution in [0.5, 0.6) is 0 Å². The average Bonchev–Trinajstić information content (AvgIpc) is 2.56. The summed E-state index contributed by atoms with van der Waals surface area (Å²) in [4.78, 5) is 12.1. The molecule has 0 aliphatic heterocycles. The third-order valence-corrected chi connectivity index (χ3v) is 4.32. The van der Waals surface area contributed by atoms with E-state index in [1.54, 1.807) is 30.3 Å². The van der Waals surface area contributed by atoms with Crippen molar-refractivity contribution in [3.63, 3.8) is 0 Å². The van der Waals surface area contributed by atoms with Crippen LogP contribution in [0.15, 0.2) is 47.6 Å². The van der Waals surface area contributed by atoms with Gasteiger partial charge in [-0.25, -0.2) is 5.43 Å². The molecular formula is C18H17Cl3N2O. The van der Waals surface area contributed by atoms with Crippen LogP contribution in [-0.4, -0.2) is 11.6 Å². The molecule has 0 saturated heterocycles. The minimum atomic E-state index is -0.212. The van der Waals surface area contributed by atoms with Crippen molar-refractivity contribution in [2.45, 2.75) is 26.2 Å². The molecule has 0 fully saturated rings. The lowest BCUT2D eigenvalue weighted by Gasteiger charge is -2.07. The van der Waals surface area contributed by atoms with Crippen molar-refractivity contribution in [3.8, 4) is 0 Å². The van der Waals surface area contributed by atoms with Gasteiger partial charge in [0.15, 0.2) is 0 Å². The van der Waals surface area contributed by atoms with Crippen LogP contribution < -0.4 is 5.43 Å². The monoisotopic (exact) mass is 382 g/mol. The fourth-order valence-corrected chi connectivity index (χ4v) is 2.59. The molecule has 2 aromatic carbocycles. The Morgan fingerprint density at radius 3 is 2.38 bits per heavy atom. The minimum absolute atomic E-state index is 0.181. The molecule has 0 heterocycles. The highest BCUT2D eigenvalue weighted by molar-refractivity contribution is 6.42. The molecule has 24 heavy (non-hydrogen) atoms. The third kappa shape index (κ3) is 5.52. The lowest BCUT2D eigenvalue weighted by molar-refractivity contribution is -0.120. The van der Waals surface area contributed by atoms with Crippen LogP contribution in [0.3, 0.4) is 0 Å². The van der Waals surface area contributed by atoms with Gasteiger partial charge in [-0.15, -0.1) is 0 Å². The van der Waals surface area contributed by atoms with Crippen molar-refractivity contribution in [1.82, 2.24) is 5.43 Å². The van der Waals surface area contributed by atoms with Gasteiger partial charge in [0.05, 0.1) is 22.2 Å². The van der Waals surface area contributed by atoms with Crippen LogP contribution >= 0.6 is 34.8 Å². The highest BCUT2D eigenvalue weighted by atomic mass is 35.5. The molecule has 0 atom stereocenters. The normalized spacial score (nSPS) is 11.4. The zero-order valence-electron chi connectivity index (χ0n) is 13.2. The van der Waals surface area contributed by atoms with Crippen LogP contribution in [0.2, 0.25) is 15.1 Å². The van der Waals surface area contributed by atoms with Gasteiger partial charge in [-0.3, -0.25) is 4.79 Å². The molecule has 2 rings (SSSR count). The summed E-state index contributed by atoms with van der Waals surface area (Å²) < 4.78 is 0. The van der Waals surface area contributed by atoms with E-state index in [-0.39, 0.29) is 12.3 Å². The maximum absolute atomic E-state index is 12.1. The predicted octanol–water partition coefficient (Wildman–Crippen LogP) is 5.51. The van der Waals surface area contributed by atoms with Crippen molar-refractivity contribution in [2.24, 2.45) is 5.10 Å². The van der Waals surface area contributed by atoms with Gasteiger partial charge in [0, 0.05) is 5.02 Å². The number of carbonyl (C=O) groups excluding carboxylic acids is 1. The molecule has 0 spiro atoms. The van der Waals surface area contributed by atoms with Gasteiger partial charge in [-0.1, -0.05) is 66.3 Å². The maximum atomic E-state index is 12.1. The highest BCUT2D eigenvalue weighted by Gasteiger charge is 2.07. The number of hydrazone groups is 1. The second kappa shape index (κ2) is 9.07. The molecule has 126 valence electrons. The standard InChI is InChI=1S/C18H17Cl3N2O/c1-2-3-17(13-5-7-14(19)8-6-13)22-23-18(24)11-12-4-9-15(20)16(21)10-12/h4-10H,2-3,11H2,1H3,(H,23,24). The smallest absolute Gasteiger partial charge is 0.244 e. The second-order valence-electron chi connectivity index (χ2n) is 5.28. The number of carbonyl (C=O) groups is 1. The van der Waals surface area contributed by atoms with Crippen molar-refractivity contribution in [2.75, 3.05) is 0 Å². The fourth-order valence-electron chi connectivity index (χ4n) is 2.15. The third-order valence-electron chi connectivity index (χ3n) is 3.33. The molecule has 0 bridgehead atoms. The minimum Gasteiger partial charge on any atom is -0.273 e. The van der Waals surface area contributed by atoms with Crippen LogP contribution in [-0.2, 0) is 11.2 Å². The van der Waals surface area contributed by atoms with E-state index in [0.717, 1.165) is 29.7 Å². The lowest BCUT2D eigenvalue weighted by Crippen LogP contribution is -2.22. The average molecular weight is 384 g/mol. The first-order chi connectivity index (χ1) is 11.5. The molecule has 6 heteroatoms. The Balaban J connectivity index is 2.06. The van der Waals surface area contributed by atoms with Gasteiger partial charge in [-0.05, 0) is 41.8 Å². The zero-order valence-corrected chi connectivity index (χ0v) is 15.4. The van der Waals surface area contributed by atoms with Gasteiger partial charge in [0.2, 0.25) is 5.91 Å². The number of hydrogen-bond acceptors (Lipinski definition) is 2. The number of nitrogens with zero attached hydrogens (tertiary/aromatic N) is 1. The Kier molecular flexibility index (Phi) is 7.10. The summed E-state index contributed by atoms with van der Waals surface area (Å²) >= 11 is 17.7. The summed E-state index contributed by atoms with van der Waals surface area (Å²) in [5.41, 5.74) is 5.14. The first kappa shape index (κ1) is 18.8. The molecule has 2 aromatic rings. The molecule has 0 aliphatic carbocycles. The van der Waals surface area contributed by atoms with Crippen LogP contribution in [0.25, 0.3) is 0 Å². The summed E-state index contributed by atoms with van der Waals surface area (Å²) in [6, 6.07) is 12.5. The Morgan fingerprint density at radius 2 is 1.75 bits per heavy atom. The van der Waals surface area contributed by atoms with Gasteiger partial charge in [-0.2, -0.15) is 5.10 Å². The van der Waals surface area contributed by atoms with E-state index in [1.165, 1.54) is 0 Å². The number of rotatable bonds is 6. The molecule has 1 N–H and O–H groups in total. The summed E-state index contributed by atoms with van der Waals surface area (Å²) in [6.45, 7) is 2.06. The summed E-state index contributed by atoms with van der Waals surface area (Å²) in [6.07, 6.45) is 1.86. The number of hydrogen-bond donors (Lipinski definition) is 1. The summed E-state index contributed by atoms with van der Waals surface area (Å²) in [5, 5.41) is 5.82. The Morgan fingerprint density at radius 1 is 1.04 bits per heavy atom. The largest absolute Gasteiger partial charge is 0.273 e. The molecule has 0 saturated carbocycles. The van der Waals surface area contributed by atoms with E-state index in [0.29, 0.717) is 15.1 Å². The van der Waals surface area contributed by atoms with E-state index < -0.39 is 0 Å². The van der Waals surface area contributed by atoms with Crippen molar-refractivity contribution >= 4 is 46.4 Å². The van der Waals surface area contributed by atoms with E-state index in [4.69, 9.17) is 34.8 Å². The number of nitrogens with one attached hydrogen (secondary N) is 1. The second-order valence-corrected chi connectivity index (χ2v) is 6.53. The first-order valence-electron chi connectivity index (χ1n) is 7.55. The van der Waals surface area contributed by atoms with E-state index in [1.807, 2.05) is 12.1 Å². The number of amides is 1. The number of halogens is 3. The van der Waals surface area contributed by atoms with Crippen molar-refractivity contribution in [1.29, 1.82) is 0 Å². The Hall–Kier alpha value is -1.55. The molecule has 0 radical (unpaired) electrons. The van der Waals surface area contributed by atoms with Crippen molar-refractivity contribution < 1.29 is 4.79 Å². The summed E-state index contributed by atoms with van der Waals surface area (Å²) in [7, 11) is 0. The molecule has 0 aliphatic rings. The van der Waals surface area contributed by atoms with E-state index >= 15 is 0 Å². The van der Waals surface area contributed by atoms with Crippen LogP contribution in [0.4, 0.5) is 0 Å². The molecule has 0 unspecified atom stereocenters. The van der Waals surface area contributed by atoms with Crippen molar-refractivity contribution in [3.05, 3.63) is 68.7 Å². The zero-order chi connectivity index (χ0) is 17.5. The molecule has 3 nitrogen and oxygen atoms in total. The van der Waals surface area contributed by atoms with Gasteiger partial charge in [0.25, 0.3) is 0 Å². The highest BCUT2D eigenvalue weighted by Crippen LogP contribution is 2.22. The van der Waals surface area contributed by atoms with Gasteiger partial charge < -0.3 is 0 Å². The van der Waals surface area contributed by atoms with Gasteiger partial charge in [0.1, 0.15) is 0 Å². The van der Waals surface area contributed by atoms with Crippen LogP contribution in [0, 0.1) is 0 Å². The molecule has 0 aromatic heterocycles.